The number of aromatic nitrogens is 1. The summed E-state index contributed by atoms with van der Waals surface area (Å²) in [6.07, 6.45) is 3.97. The van der Waals surface area contributed by atoms with Crippen molar-refractivity contribution in [3.05, 3.63) is 45.9 Å². The molecule has 5 nitrogen and oxygen atoms in total. The number of amides is 2. The summed E-state index contributed by atoms with van der Waals surface area (Å²) in [6, 6.07) is 8.03. The first-order chi connectivity index (χ1) is 12.1. The molecule has 25 heavy (non-hydrogen) atoms. The van der Waals surface area contributed by atoms with Crippen molar-refractivity contribution < 1.29 is 9.59 Å². The lowest BCUT2D eigenvalue weighted by molar-refractivity contribution is -0.132. The SMILES string of the molecule is CC(=O)N1CCCC[C@H]1c1ccc(C(=O)NCCc2cccs2)n1C. The van der Waals surface area contributed by atoms with Crippen molar-refractivity contribution in [2.75, 3.05) is 13.1 Å². The molecule has 0 saturated carbocycles. The molecule has 3 heterocycles. The zero-order valence-corrected chi connectivity index (χ0v) is 15.6. The van der Waals surface area contributed by atoms with Crippen LogP contribution in [0, 0.1) is 0 Å². The largest absolute Gasteiger partial charge is 0.350 e. The van der Waals surface area contributed by atoms with E-state index in [-0.39, 0.29) is 17.9 Å². The monoisotopic (exact) mass is 359 g/mol. The minimum absolute atomic E-state index is 0.0597. The molecule has 0 spiro atoms. The molecule has 1 fully saturated rings. The third kappa shape index (κ3) is 3.95. The van der Waals surface area contributed by atoms with Crippen LogP contribution in [-0.2, 0) is 18.3 Å². The molecule has 1 aliphatic heterocycles. The maximum absolute atomic E-state index is 12.5. The van der Waals surface area contributed by atoms with Gasteiger partial charge in [0, 0.05) is 37.6 Å². The van der Waals surface area contributed by atoms with Crippen molar-refractivity contribution in [1.82, 2.24) is 14.8 Å². The Hall–Kier alpha value is -2.08. The Morgan fingerprint density at radius 1 is 1.28 bits per heavy atom. The van der Waals surface area contributed by atoms with Gasteiger partial charge >= 0.3 is 0 Å². The molecule has 0 unspecified atom stereocenters. The minimum Gasteiger partial charge on any atom is -0.350 e. The van der Waals surface area contributed by atoms with Crippen LogP contribution in [-0.4, -0.2) is 34.4 Å². The summed E-state index contributed by atoms with van der Waals surface area (Å²) in [7, 11) is 1.91. The molecular formula is C19H25N3O2S. The lowest BCUT2D eigenvalue weighted by Crippen LogP contribution is -2.38. The summed E-state index contributed by atoms with van der Waals surface area (Å²) in [5.74, 6) is 0.0448. The predicted octanol–water partition coefficient (Wildman–Crippen LogP) is 3.13. The molecule has 0 radical (unpaired) electrons. The van der Waals surface area contributed by atoms with Gasteiger partial charge in [0.25, 0.3) is 5.91 Å². The van der Waals surface area contributed by atoms with Gasteiger partial charge in [0.05, 0.1) is 6.04 Å². The Morgan fingerprint density at radius 3 is 2.84 bits per heavy atom. The van der Waals surface area contributed by atoms with Gasteiger partial charge in [-0.05, 0) is 49.3 Å². The van der Waals surface area contributed by atoms with E-state index in [2.05, 4.69) is 11.4 Å². The van der Waals surface area contributed by atoms with E-state index < -0.39 is 0 Å². The Labute approximate surface area is 152 Å². The van der Waals surface area contributed by atoms with Gasteiger partial charge in [-0.2, -0.15) is 0 Å². The Balaban J connectivity index is 1.67. The molecule has 1 saturated heterocycles. The topological polar surface area (TPSA) is 54.3 Å². The van der Waals surface area contributed by atoms with Crippen molar-refractivity contribution >= 4 is 23.2 Å². The van der Waals surface area contributed by atoms with Crippen molar-refractivity contribution in [2.45, 2.75) is 38.6 Å². The van der Waals surface area contributed by atoms with Gasteiger partial charge in [-0.3, -0.25) is 9.59 Å². The van der Waals surface area contributed by atoms with Crippen LogP contribution in [0.25, 0.3) is 0 Å². The second-order valence-electron chi connectivity index (χ2n) is 6.51. The number of carbonyl (C=O) groups excluding carboxylic acids is 2. The maximum Gasteiger partial charge on any atom is 0.267 e. The van der Waals surface area contributed by atoms with E-state index in [1.54, 1.807) is 18.3 Å². The van der Waals surface area contributed by atoms with Crippen LogP contribution >= 0.6 is 11.3 Å². The van der Waals surface area contributed by atoms with E-state index >= 15 is 0 Å². The normalized spacial score (nSPS) is 17.5. The highest BCUT2D eigenvalue weighted by Gasteiger charge is 2.28. The van der Waals surface area contributed by atoms with Crippen molar-refractivity contribution in [1.29, 1.82) is 0 Å². The van der Waals surface area contributed by atoms with Crippen LogP contribution in [0.1, 0.15) is 53.3 Å². The van der Waals surface area contributed by atoms with E-state index in [0.29, 0.717) is 12.2 Å². The summed E-state index contributed by atoms with van der Waals surface area (Å²) in [5.41, 5.74) is 1.69. The number of likely N-dealkylation sites (tertiary alicyclic amines) is 1. The molecule has 1 aliphatic rings. The highest BCUT2D eigenvalue weighted by Crippen LogP contribution is 2.31. The van der Waals surface area contributed by atoms with Gasteiger partial charge in [-0.15, -0.1) is 11.3 Å². The molecule has 0 bridgehead atoms. The number of thiophene rings is 1. The summed E-state index contributed by atoms with van der Waals surface area (Å²) < 4.78 is 1.94. The Bertz CT molecular complexity index is 736. The molecule has 2 aromatic heterocycles. The van der Waals surface area contributed by atoms with E-state index in [1.807, 2.05) is 40.1 Å². The van der Waals surface area contributed by atoms with Crippen LogP contribution in [0.4, 0.5) is 0 Å². The Morgan fingerprint density at radius 2 is 2.12 bits per heavy atom. The smallest absolute Gasteiger partial charge is 0.267 e. The molecule has 0 aromatic carbocycles. The number of carbonyl (C=O) groups is 2. The summed E-state index contributed by atoms with van der Waals surface area (Å²) in [4.78, 5) is 27.6. The number of hydrogen-bond donors (Lipinski definition) is 1. The highest BCUT2D eigenvalue weighted by atomic mass is 32.1. The lowest BCUT2D eigenvalue weighted by atomic mass is 9.99. The van der Waals surface area contributed by atoms with Crippen LogP contribution < -0.4 is 5.32 Å². The first kappa shape index (κ1) is 17.7. The van der Waals surface area contributed by atoms with E-state index in [1.165, 1.54) is 4.88 Å². The molecule has 2 amide bonds. The first-order valence-corrected chi connectivity index (χ1v) is 9.69. The van der Waals surface area contributed by atoms with Gasteiger partial charge in [0.1, 0.15) is 5.69 Å². The highest BCUT2D eigenvalue weighted by molar-refractivity contribution is 7.09. The molecule has 2 aromatic rings. The fourth-order valence-corrected chi connectivity index (χ4v) is 4.26. The molecule has 1 N–H and O–H groups in total. The number of nitrogens with one attached hydrogen (secondary N) is 1. The van der Waals surface area contributed by atoms with E-state index in [0.717, 1.165) is 37.9 Å². The van der Waals surface area contributed by atoms with E-state index in [4.69, 9.17) is 0 Å². The van der Waals surface area contributed by atoms with Crippen molar-refractivity contribution in [3.63, 3.8) is 0 Å². The Kier molecular flexibility index (Phi) is 5.58. The van der Waals surface area contributed by atoms with Gasteiger partial charge in [0.2, 0.25) is 5.91 Å². The van der Waals surface area contributed by atoms with Crippen molar-refractivity contribution in [2.24, 2.45) is 7.05 Å². The molecule has 134 valence electrons. The quantitative estimate of drug-likeness (QED) is 0.892. The van der Waals surface area contributed by atoms with Gasteiger partial charge in [-0.25, -0.2) is 0 Å². The third-order valence-electron chi connectivity index (χ3n) is 4.88. The fraction of sp³-hybridized carbons (Fsp3) is 0.474. The molecule has 6 heteroatoms. The van der Waals surface area contributed by atoms with Crippen LogP contribution in [0.3, 0.4) is 0 Å². The number of nitrogens with zero attached hydrogens (tertiary/aromatic N) is 2. The second kappa shape index (κ2) is 7.87. The zero-order valence-electron chi connectivity index (χ0n) is 14.8. The number of rotatable bonds is 5. The average Bonchev–Trinajstić information content (AvgIpc) is 3.24. The number of piperidine rings is 1. The molecular weight excluding hydrogens is 334 g/mol. The standard InChI is InChI=1S/C19H25N3O2S/c1-14(23)22-12-4-3-7-17(22)16-8-9-18(21(16)2)19(24)20-11-10-15-6-5-13-25-15/h5-6,8-9,13,17H,3-4,7,10-12H2,1-2H3,(H,20,24)/t17-/m0/s1. The van der Waals surface area contributed by atoms with E-state index in [9.17, 15) is 9.59 Å². The fourth-order valence-electron chi connectivity index (χ4n) is 3.55. The predicted molar refractivity (Wildman–Crippen MR) is 99.7 cm³/mol. The second-order valence-corrected chi connectivity index (χ2v) is 7.54. The van der Waals surface area contributed by atoms with Crippen LogP contribution in [0.15, 0.2) is 29.6 Å². The molecule has 1 atom stereocenters. The average molecular weight is 359 g/mol. The lowest BCUT2D eigenvalue weighted by Gasteiger charge is -2.35. The van der Waals surface area contributed by atoms with Gasteiger partial charge < -0.3 is 14.8 Å². The van der Waals surface area contributed by atoms with Crippen LogP contribution in [0.5, 0.6) is 0 Å². The first-order valence-electron chi connectivity index (χ1n) is 8.81. The summed E-state index contributed by atoms with van der Waals surface area (Å²) in [5, 5.41) is 5.04. The molecule has 3 rings (SSSR count). The molecule has 0 aliphatic carbocycles. The van der Waals surface area contributed by atoms with Gasteiger partial charge in [0.15, 0.2) is 0 Å². The number of hydrogen-bond acceptors (Lipinski definition) is 3. The van der Waals surface area contributed by atoms with Gasteiger partial charge in [-0.1, -0.05) is 6.07 Å². The summed E-state index contributed by atoms with van der Waals surface area (Å²) in [6.45, 7) is 3.05. The third-order valence-corrected chi connectivity index (χ3v) is 5.82. The van der Waals surface area contributed by atoms with Crippen molar-refractivity contribution in [3.8, 4) is 0 Å². The maximum atomic E-state index is 12.5. The minimum atomic E-state index is -0.0597. The summed E-state index contributed by atoms with van der Waals surface area (Å²) >= 11 is 1.71. The zero-order chi connectivity index (χ0) is 17.8. The van der Waals surface area contributed by atoms with Crippen LogP contribution in [0.2, 0.25) is 0 Å².